The molecule has 0 bridgehead atoms. The first-order valence-electron chi connectivity index (χ1n) is 11.3. The van der Waals surface area contributed by atoms with Crippen LogP contribution in [-0.4, -0.2) is 53.7 Å². The van der Waals surface area contributed by atoms with Gasteiger partial charge in [-0.1, -0.05) is 18.2 Å². The minimum atomic E-state index is -0.516. The summed E-state index contributed by atoms with van der Waals surface area (Å²) in [5.74, 6) is -0.295. The molecule has 1 N–H and O–H groups in total. The van der Waals surface area contributed by atoms with E-state index in [1.807, 2.05) is 56.0 Å². The van der Waals surface area contributed by atoms with Crippen LogP contribution in [0.25, 0.3) is 0 Å². The average Bonchev–Trinajstić information content (AvgIpc) is 2.74. The van der Waals surface area contributed by atoms with Crippen LogP contribution in [0.1, 0.15) is 69.7 Å². The van der Waals surface area contributed by atoms with Crippen molar-refractivity contribution >= 4 is 18.0 Å². The third-order valence-electron chi connectivity index (χ3n) is 5.81. The Morgan fingerprint density at radius 1 is 0.935 bits per heavy atom. The SMILES string of the molecule is CC(C)(C)OC(=O)NC1CCC(OC(=O)C2CCN(C(=O)c3ccccc3)CC2)CC1. The van der Waals surface area contributed by atoms with Gasteiger partial charge in [-0.05, 0) is 71.4 Å². The van der Waals surface area contributed by atoms with Crippen LogP contribution >= 0.6 is 0 Å². The zero-order valence-corrected chi connectivity index (χ0v) is 18.8. The Labute approximate surface area is 184 Å². The number of amides is 2. The molecular formula is C24H34N2O5. The highest BCUT2D eigenvalue weighted by Crippen LogP contribution is 2.26. The van der Waals surface area contributed by atoms with Crippen molar-refractivity contribution in [2.24, 2.45) is 5.92 Å². The number of esters is 1. The number of alkyl carbamates (subject to hydrolysis) is 1. The van der Waals surface area contributed by atoms with E-state index in [1.54, 1.807) is 0 Å². The zero-order chi connectivity index (χ0) is 22.4. The number of carbonyl (C=O) groups excluding carboxylic acids is 3. The van der Waals surface area contributed by atoms with Gasteiger partial charge in [-0.15, -0.1) is 0 Å². The Balaban J connectivity index is 1.37. The molecule has 7 nitrogen and oxygen atoms in total. The van der Waals surface area contributed by atoms with Crippen molar-refractivity contribution in [3.8, 4) is 0 Å². The maximum Gasteiger partial charge on any atom is 0.407 e. The first kappa shape index (κ1) is 23.1. The standard InChI is InChI=1S/C24H34N2O5/c1-24(2,3)31-23(29)25-19-9-11-20(12-10-19)30-22(28)18-13-15-26(16-14-18)21(27)17-7-5-4-6-8-17/h4-8,18-20H,9-16H2,1-3H3,(H,25,29). The van der Waals surface area contributed by atoms with Crippen LogP contribution in [0.15, 0.2) is 30.3 Å². The molecule has 1 heterocycles. The number of likely N-dealkylation sites (tertiary alicyclic amines) is 1. The molecule has 0 atom stereocenters. The molecule has 3 rings (SSSR count). The van der Waals surface area contributed by atoms with Gasteiger partial charge < -0.3 is 19.7 Å². The van der Waals surface area contributed by atoms with E-state index in [-0.39, 0.29) is 29.9 Å². The quantitative estimate of drug-likeness (QED) is 0.732. The van der Waals surface area contributed by atoms with Crippen LogP contribution in [0.5, 0.6) is 0 Å². The lowest BCUT2D eigenvalue weighted by molar-refractivity contribution is -0.157. The van der Waals surface area contributed by atoms with Crippen molar-refractivity contribution in [1.82, 2.24) is 10.2 Å². The first-order chi connectivity index (χ1) is 14.7. The second-order valence-electron chi connectivity index (χ2n) is 9.49. The molecule has 1 aliphatic carbocycles. The monoisotopic (exact) mass is 430 g/mol. The van der Waals surface area contributed by atoms with E-state index >= 15 is 0 Å². The highest BCUT2D eigenvalue weighted by molar-refractivity contribution is 5.94. The largest absolute Gasteiger partial charge is 0.462 e. The van der Waals surface area contributed by atoms with Gasteiger partial charge >= 0.3 is 12.1 Å². The predicted molar refractivity (Wildman–Crippen MR) is 117 cm³/mol. The molecule has 0 aromatic heterocycles. The van der Waals surface area contributed by atoms with Gasteiger partial charge in [0.05, 0.1) is 5.92 Å². The molecule has 1 saturated carbocycles. The third-order valence-corrected chi connectivity index (χ3v) is 5.81. The van der Waals surface area contributed by atoms with Crippen molar-refractivity contribution < 1.29 is 23.9 Å². The van der Waals surface area contributed by atoms with Crippen LogP contribution < -0.4 is 5.32 Å². The Hall–Kier alpha value is -2.57. The molecular weight excluding hydrogens is 396 g/mol. The molecule has 170 valence electrons. The smallest absolute Gasteiger partial charge is 0.407 e. The number of nitrogens with one attached hydrogen (secondary N) is 1. The second-order valence-corrected chi connectivity index (χ2v) is 9.49. The molecule has 0 spiro atoms. The number of benzene rings is 1. The number of nitrogens with zero attached hydrogens (tertiary/aromatic N) is 1. The zero-order valence-electron chi connectivity index (χ0n) is 18.8. The van der Waals surface area contributed by atoms with Crippen molar-refractivity contribution in [2.75, 3.05) is 13.1 Å². The number of piperidine rings is 1. The maximum absolute atomic E-state index is 12.6. The minimum absolute atomic E-state index is 0.0169. The number of rotatable bonds is 4. The molecule has 1 aliphatic heterocycles. The number of ether oxygens (including phenoxy) is 2. The Kier molecular flexibility index (Phi) is 7.57. The molecule has 1 saturated heterocycles. The van der Waals surface area contributed by atoms with E-state index in [4.69, 9.17) is 9.47 Å². The van der Waals surface area contributed by atoms with E-state index in [0.717, 1.165) is 25.7 Å². The Morgan fingerprint density at radius 2 is 1.55 bits per heavy atom. The Morgan fingerprint density at radius 3 is 2.13 bits per heavy atom. The molecule has 7 heteroatoms. The minimum Gasteiger partial charge on any atom is -0.462 e. The van der Waals surface area contributed by atoms with E-state index in [1.165, 1.54) is 0 Å². The molecule has 1 aromatic carbocycles. The predicted octanol–water partition coefficient (Wildman–Crippen LogP) is 3.92. The normalized spacial score (nSPS) is 22.5. The molecule has 1 aromatic rings. The van der Waals surface area contributed by atoms with Gasteiger partial charge in [0.25, 0.3) is 5.91 Å². The van der Waals surface area contributed by atoms with Crippen LogP contribution in [-0.2, 0) is 14.3 Å². The summed E-state index contributed by atoms with van der Waals surface area (Å²) in [5, 5.41) is 2.90. The number of hydrogen-bond donors (Lipinski definition) is 1. The van der Waals surface area contributed by atoms with E-state index in [2.05, 4.69) is 5.32 Å². The fourth-order valence-electron chi connectivity index (χ4n) is 4.14. The van der Waals surface area contributed by atoms with Crippen molar-refractivity contribution in [3.63, 3.8) is 0 Å². The number of carbonyl (C=O) groups is 3. The lowest BCUT2D eigenvalue weighted by Gasteiger charge is -2.33. The van der Waals surface area contributed by atoms with Crippen molar-refractivity contribution in [2.45, 2.75) is 77.0 Å². The maximum atomic E-state index is 12.6. The fraction of sp³-hybridized carbons (Fsp3) is 0.625. The molecule has 2 aliphatic rings. The van der Waals surface area contributed by atoms with Crippen LogP contribution in [0, 0.1) is 5.92 Å². The lowest BCUT2D eigenvalue weighted by Crippen LogP contribution is -2.43. The van der Waals surface area contributed by atoms with Gasteiger partial charge in [0, 0.05) is 24.7 Å². The molecule has 2 fully saturated rings. The van der Waals surface area contributed by atoms with Crippen LogP contribution in [0.3, 0.4) is 0 Å². The summed E-state index contributed by atoms with van der Waals surface area (Å²) in [5.41, 5.74) is 0.165. The highest BCUT2D eigenvalue weighted by Gasteiger charge is 2.32. The highest BCUT2D eigenvalue weighted by atomic mass is 16.6. The van der Waals surface area contributed by atoms with Gasteiger partial charge in [0.2, 0.25) is 0 Å². The number of hydrogen-bond acceptors (Lipinski definition) is 5. The molecule has 0 unspecified atom stereocenters. The topological polar surface area (TPSA) is 84.9 Å². The van der Waals surface area contributed by atoms with Gasteiger partial charge in [-0.2, -0.15) is 0 Å². The van der Waals surface area contributed by atoms with E-state index in [9.17, 15) is 14.4 Å². The van der Waals surface area contributed by atoms with Crippen molar-refractivity contribution in [3.05, 3.63) is 35.9 Å². The summed E-state index contributed by atoms with van der Waals surface area (Å²) in [7, 11) is 0. The fourth-order valence-corrected chi connectivity index (χ4v) is 4.14. The average molecular weight is 431 g/mol. The summed E-state index contributed by atoms with van der Waals surface area (Å²) < 4.78 is 11.1. The van der Waals surface area contributed by atoms with Crippen LogP contribution in [0.2, 0.25) is 0 Å². The van der Waals surface area contributed by atoms with Crippen molar-refractivity contribution in [1.29, 1.82) is 0 Å². The van der Waals surface area contributed by atoms with Gasteiger partial charge in [0.15, 0.2) is 0 Å². The third kappa shape index (κ3) is 6.97. The molecule has 31 heavy (non-hydrogen) atoms. The van der Waals surface area contributed by atoms with Gasteiger partial charge in [-0.3, -0.25) is 9.59 Å². The van der Waals surface area contributed by atoms with Gasteiger partial charge in [-0.25, -0.2) is 4.79 Å². The first-order valence-corrected chi connectivity index (χ1v) is 11.3. The van der Waals surface area contributed by atoms with E-state index < -0.39 is 11.7 Å². The van der Waals surface area contributed by atoms with Gasteiger partial charge in [0.1, 0.15) is 11.7 Å². The summed E-state index contributed by atoms with van der Waals surface area (Å²) in [6.07, 6.45) is 3.76. The summed E-state index contributed by atoms with van der Waals surface area (Å²) >= 11 is 0. The summed E-state index contributed by atoms with van der Waals surface area (Å²) in [6, 6.07) is 9.29. The lowest BCUT2D eigenvalue weighted by atomic mass is 9.92. The summed E-state index contributed by atoms with van der Waals surface area (Å²) in [4.78, 5) is 38.9. The second kappa shape index (κ2) is 10.2. The van der Waals surface area contributed by atoms with Crippen LogP contribution in [0.4, 0.5) is 4.79 Å². The van der Waals surface area contributed by atoms with E-state index in [0.29, 0.717) is 31.5 Å². The molecule has 2 amide bonds. The Bertz CT molecular complexity index is 758. The molecule has 0 radical (unpaired) electrons. The summed E-state index contributed by atoms with van der Waals surface area (Å²) in [6.45, 7) is 6.65.